The predicted octanol–water partition coefficient (Wildman–Crippen LogP) is 4.24. The average molecular weight is 328 g/mol. The Hall–Kier alpha value is -2.01. The van der Waals surface area contributed by atoms with Gasteiger partial charge in [-0.2, -0.15) is 0 Å². The van der Waals surface area contributed by atoms with Crippen LogP contribution in [0, 0.1) is 13.8 Å². The number of carbonyl (C=O) groups is 2. The Labute approximate surface area is 140 Å². The molecule has 1 fully saturated rings. The van der Waals surface area contributed by atoms with E-state index >= 15 is 0 Å². The number of hydrogen-bond donors (Lipinski definition) is 1. The van der Waals surface area contributed by atoms with Crippen LogP contribution in [0.4, 0.5) is 5.13 Å². The van der Waals surface area contributed by atoms with Crippen LogP contribution in [0.1, 0.15) is 58.8 Å². The van der Waals surface area contributed by atoms with E-state index in [0.29, 0.717) is 16.6 Å². The van der Waals surface area contributed by atoms with E-state index in [2.05, 4.69) is 10.3 Å². The van der Waals surface area contributed by atoms with Gasteiger partial charge < -0.3 is 5.32 Å². The van der Waals surface area contributed by atoms with Crippen molar-refractivity contribution in [2.45, 2.75) is 45.4 Å². The van der Waals surface area contributed by atoms with Gasteiger partial charge in [0.2, 0.25) is 5.91 Å². The van der Waals surface area contributed by atoms with E-state index in [1.54, 1.807) is 0 Å². The lowest BCUT2D eigenvalue weighted by Crippen LogP contribution is -2.14. The van der Waals surface area contributed by atoms with E-state index in [-0.39, 0.29) is 24.5 Å². The van der Waals surface area contributed by atoms with Crippen LogP contribution in [0.5, 0.6) is 0 Å². The van der Waals surface area contributed by atoms with Gasteiger partial charge in [0.15, 0.2) is 10.9 Å². The van der Waals surface area contributed by atoms with Crippen molar-refractivity contribution in [3.63, 3.8) is 0 Å². The molecule has 1 N–H and O–H groups in total. The molecule has 1 aromatic carbocycles. The number of nitrogens with one attached hydrogen (secondary N) is 1. The monoisotopic (exact) mass is 328 g/mol. The van der Waals surface area contributed by atoms with Crippen LogP contribution >= 0.6 is 11.3 Å². The first kappa shape index (κ1) is 15.9. The summed E-state index contributed by atoms with van der Waals surface area (Å²) in [6.07, 6.45) is 2.80. The maximum atomic E-state index is 12.3. The van der Waals surface area contributed by atoms with Gasteiger partial charge in [0.25, 0.3) is 0 Å². The third kappa shape index (κ3) is 4.05. The number of rotatable bonds is 6. The molecule has 5 heteroatoms. The molecule has 1 aliphatic rings. The number of aryl methyl sites for hydroxylation is 2. The van der Waals surface area contributed by atoms with Crippen LogP contribution in [-0.4, -0.2) is 16.7 Å². The second-order valence-corrected chi connectivity index (χ2v) is 7.00. The fraction of sp³-hybridized carbons (Fsp3) is 0.389. The summed E-state index contributed by atoms with van der Waals surface area (Å²) >= 11 is 1.45. The fourth-order valence-corrected chi connectivity index (χ4v) is 3.30. The number of amides is 1. The van der Waals surface area contributed by atoms with E-state index < -0.39 is 0 Å². The van der Waals surface area contributed by atoms with Gasteiger partial charge >= 0.3 is 0 Å². The predicted molar refractivity (Wildman–Crippen MR) is 92.2 cm³/mol. The zero-order chi connectivity index (χ0) is 16.4. The van der Waals surface area contributed by atoms with Crippen LogP contribution in [0.25, 0.3) is 0 Å². The molecule has 23 heavy (non-hydrogen) atoms. The first-order valence-electron chi connectivity index (χ1n) is 7.88. The number of Topliss-reactive ketones (excluding diaryl/α,β-unsaturated/α-hetero) is 1. The molecule has 0 unspecified atom stereocenters. The average Bonchev–Trinajstić information content (AvgIpc) is 3.28. The van der Waals surface area contributed by atoms with Crippen LogP contribution in [0.2, 0.25) is 0 Å². The van der Waals surface area contributed by atoms with E-state index in [1.165, 1.54) is 24.2 Å². The number of nitrogens with zero attached hydrogens (tertiary/aromatic N) is 1. The van der Waals surface area contributed by atoms with Gasteiger partial charge in [0.1, 0.15) is 0 Å². The molecular formula is C18H20N2O2S. The minimum atomic E-state index is -0.152. The first-order chi connectivity index (χ1) is 11.0. The van der Waals surface area contributed by atoms with Crippen LogP contribution in [0.3, 0.4) is 0 Å². The highest BCUT2D eigenvalue weighted by Gasteiger charge is 2.26. The zero-order valence-corrected chi connectivity index (χ0v) is 14.2. The van der Waals surface area contributed by atoms with Crippen molar-refractivity contribution in [3.05, 3.63) is 46.0 Å². The van der Waals surface area contributed by atoms with Gasteiger partial charge in [-0.05, 0) is 38.3 Å². The fourth-order valence-electron chi connectivity index (χ4n) is 2.49. The maximum Gasteiger partial charge on any atom is 0.226 e. The molecule has 0 bridgehead atoms. The molecule has 0 radical (unpaired) electrons. The topological polar surface area (TPSA) is 59.1 Å². The molecule has 4 nitrogen and oxygen atoms in total. The third-order valence-corrected chi connectivity index (χ3v) is 4.81. The molecule has 1 amide bonds. The zero-order valence-electron chi connectivity index (χ0n) is 13.4. The molecule has 0 spiro atoms. The van der Waals surface area contributed by atoms with Gasteiger partial charge in [-0.3, -0.25) is 9.59 Å². The minimum Gasteiger partial charge on any atom is -0.302 e. The molecule has 1 aromatic heterocycles. The molecule has 0 saturated heterocycles. The molecule has 1 heterocycles. The number of thiazole rings is 1. The van der Waals surface area contributed by atoms with Crippen molar-refractivity contribution >= 4 is 28.2 Å². The SMILES string of the molecule is Cc1ccc(C)c(C(=O)CCC(=O)Nc2nc(C3CC3)cs2)c1. The molecule has 1 aliphatic carbocycles. The second kappa shape index (κ2) is 6.62. The highest BCUT2D eigenvalue weighted by molar-refractivity contribution is 7.13. The number of aromatic nitrogens is 1. The van der Waals surface area contributed by atoms with Gasteiger partial charge in [-0.1, -0.05) is 17.7 Å². The lowest BCUT2D eigenvalue weighted by molar-refractivity contribution is -0.116. The highest BCUT2D eigenvalue weighted by Crippen LogP contribution is 2.40. The molecule has 0 atom stereocenters. The van der Waals surface area contributed by atoms with E-state index in [0.717, 1.165) is 16.8 Å². The Morgan fingerprint density at radius 1 is 1.26 bits per heavy atom. The van der Waals surface area contributed by atoms with Gasteiger partial charge in [0.05, 0.1) is 5.69 Å². The minimum absolute atomic E-state index is 0.0131. The van der Waals surface area contributed by atoms with E-state index in [9.17, 15) is 9.59 Å². The molecule has 0 aliphatic heterocycles. The Morgan fingerprint density at radius 3 is 2.78 bits per heavy atom. The van der Waals surface area contributed by atoms with Crippen LogP contribution in [-0.2, 0) is 4.79 Å². The van der Waals surface area contributed by atoms with Gasteiger partial charge in [-0.15, -0.1) is 11.3 Å². The largest absolute Gasteiger partial charge is 0.302 e. The summed E-state index contributed by atoms with van der Waals surface area (Å²) in [7, 11) is 0. The Balaban J connectivity index is 1.53. The smallest absolute Gasteiger partial charge is 0.226 e. The Morgan fingerprint density at radius 2 is 2.04 bits per heavy atom. The van der Waals surface area contributed by atoms with E-state index in [4.69, 9.17) is 0 Å². The standard InChI is InChI=1S/C18H20N2O2S/c1-11-3-4-12(2)14(9-11)16(21)7-8-17(22)20-18-19-15(10-23-18)13-5-6-13/h3-4,9-10,13H,5-8H2,1-2H3,(H,19,20,22). The number of anilines is 1. The van der Waals surface area contributed by atoms with Crippen molar-refractivity contribution in [1.29, 1.82) is 0 Å². The van der Waals surface area contributed by atoms with Crippen molar-refractivity contribution < 1.29 is 9.59 Å². The molecule has 2 aromatic rings. The summed E-state index contributed by atoms with van der Waals surface area (Å²) in [5.41, 5.74) is 3.80. The number of benzene rings is 1. The number of carbonyl (C=O) groups excluding carboxylic acids is 2. The Bertz CT molecular complexity index is 747. The summed E-state index contributed by atoms with van der Waals surface area (Å²) in [4.78, 5) is 28.7. The summed E-state index contributed by atoms with van der Waals surface area (Å²) in [6.45, 7) is 3.88. The highest BCUT2D eigenvalue weighted by atomic mass is 32.1. The normalized spacial score (nSPS) is 13.8. The summed E-state index contributed by atoms with van der Waals surface area (Å²) in [5.74, 6) is 0.447. The maximum absolute atomic E-state index is 12.3. The molecule has 1 saturated carbocycles. The lowest BCUT2D eigenvalue weighted by Gasteiger charge is -2.06. The first-order valence-corrected chi connectivity index (χ1v) is 8.76. The van der Waals surface area contributed by atoms with E-state index in [1.807, 2.05) is 37.4 Å². The molecule has 120 valence electrons. The molecular weight excluding hydrogens is 308 g/mol. The third-order valence-electron chi connectivity index (χ3n) is 4.04. The Kier molecular flexibility index (Phi) is 4.57. The molecule has 3 rings (SSSR count). The van der Waals surface area contributed by atoms with Crippen molar-refractivity contribution in [3.8, 4) is 0 Å². The van der Waals surface area contributed by atoms with Crippen LogP contribution < -0.4 is 5.32 Å². The quantitative estimate of drug-likeness (QED) is 0.807. The van der Waals surface area contributed by atoms with Gasteiger partial charge in [-0.25, -0.2) is 4.98 Å². The van der Waals surface area contributed by atoms with Gasteiger partial charge in [0, 0.05) is 29.7 Å². The number of hydrogen-bond acceptors (Lipinski definition) is 4. The van der Waals surface area contributed by atoms with Crippen molar-refractivity contribution in [1.82, 2.24) is 4.98 Å². The summed E-state index contributed by atoms with van der Waals surface area (Å²) in [5, 5.41) is 5.44. The van der Waals surface area contributed by atoms with Crippen molar-refractivity contribution in [2.24, 2.45) is 0 Å². The summed E-state index contributed by atoms with van der Waals surface area (Å²) in [6, 6.07) is 5.81. The summed E-state index contributed by atoms with van der Waals surface area (Å²) < 4.78 is 0. The number of ketones is 1. The van der Waals surface area contributed by atoms with Crippen LogP contribution in [0.15, 0.2) is 23.6 Å². The lowest BCUT2D eigenvalue weighted by atomic mass is 9.99. The second-order valence-electron chi connectivity index (χ2n) is 6.14. The van der Waals surface area contributed by atoms with Crippen molar-refractivity contribution in [2.75, 3.05) is 5.32 Å².